The number of nitrogens with one attached hydrogen (secondary N) is 1. The number of thiophene rings is 1. The van der Waals surface area contributed by atoms with Crippen LogP contribution in [0.25, 0.3) is 0 Å². The van der Waals surface area contributed by atoms with E-state index in [9.17, 15) is 4.79 Å². The maximum Gasteiger partial charge on any atom is 0.336 e. The fourth-order valence-electron chi connectivity index (χ4n) is 1.82. The van der Waals surface area contributed by atoms with E-state index in [2.05, 4.69) is 23.7 Å². The Bertz CT molecular complexity index is 575. The first-order chi connectivity index (χ1) is 8.59. The van der Waals surface area contributed by atoms with Gasteiger partial charge in [0.2, 0.25) is 0 Å². The Hall–Kier alpha value is -1.81. The van der Waals surface area contributed by atoms with E-state index in [-0.39, 0.29) is 0 Å². The minimum absolute atomic E-state index is 0.350. The van der Waals surface area contributed by atoms with E-state index in [0.717, 1.165) is 17.8 Å². The highest BCUT2D eigenvalue weighted by molar-refractivity contribution is 7.10. The van der Waals surface area contributed by atoms with Crippen LogP contribution >= 0.6 is 11.3 Å². The van der Waals surface area contributed by atoms with Gasteiger partial charge in [0.25, 0.3) is 0 Å². The molecule has 18 heavy (non-hydrogen) atoms. The van der Waals surface area contributed by atoms with Crippen molar-refractivity contribution >= 4 is 23.0 Å². The lowest BCUT2D eigenvalue weighted by molar-refractivity contribution is 0.0696. The first kappa shape index (κ1) is 12.6. The van der Waals surface area contributed by atoms with E-state index in [4.69, 9.17) is 5.11 Å². The second kappa shape index (κ2) is 5.23. The minimum atomic E-state index is -0.886. The molecule has 2 N–H and O–H groups in total. The average Bonchev–Trinajstić information content (AvgIpc) is 2.73. The highest BCUT2D eigenvalue weighted by atomic mass is 32.1. The van der Waals surface area contributed by atoms with Gasteiger partial charge in [-0.15, -0.1) is 11.3 Å². The third-order valence-electron chi connectivity index (χ3n) is 2.97. The highest BCUT2D eigenvalue weighted by Gasteiger charge is 2.10. The molecule has 0 saturated heterocycles. The molecule has 0 aliphatic heterocycles. The van der Waals surface area contributed by atoms with Gasteiger partial charge in [0, 0.05) is 17.1 Å². The third-order valence-corrected chi connectivity index (χ3v) is 3.99. The number of rotatable bonds is 4. The fourth-order valence-corrected chi connectivity index (χ4v) is 2.67. The summed E-state index contributed by atoms with van der Waals surface area (Å²) < 4.78 is 0. The van der Waals surface area contributed by atoms with Gasteiger partial charge in [0.05, 0.1) is 5.56 Å². The number of anilines is 1. The summed E-state index contributed by atoms with van der Waals surface area (Å²) >= 11 is 1.71. The Kier molecular flexibility index (Phi) is 3.67. The standard InChI is InChI=1S/C14H15NO2S/c1-9-6-7-18-13(9)8-15-12-5-3-4-11(10(12)2)14(16)17/h3-7,15H,8H2,1-2H3,(H,16,17). The van der Waals surface area contributed by atoms with E-state index >= 15 is 0 Å². The predicted molar refractivity (Wildman–Crippen MR) is 74.5 cm³/mol. The average molecular weight is 261 g/mol. The van der Waals surface area contributed by atoms with Crippen LogP contribution in [0.15, 0.2) is 29.6 Å². The summed E-state index contributed by atoms with van der Waals surface area (Å²) in [5, 5.41) is 14.4. The molecule has 2 rings (SSSR count). The quantitative estimate of drug-likeness (QED) is 0.882. The summed E-state index contributed by atoms with van der Waals surface area (Å²) in [4.78, 5) is 12.3. The van der Waals surface area contributed by atoms with Crippen LogP contribution in [-0.2, 0) is 6.54 Å². The van der Waals surface area contributed by atoms with Crippen molar-refractivity contribution in [3.05, 3.63) is 51.2 Å². The van der Waals surface area contributed by atoms with Crippen LogP contribution < -0.4 is 5.32 Å². The zero-order valence-corrected chi connectivity index (χ0v) is 11.2. The highest BCUT2D eigenvalue weighted by Crippen LogP contribution is 2.22. The Morgan fingerprint density at radius 1 is 1.33 bits per heavy atom. The normalized spacial score (nSPS) is 10.3. The maximum absolute atomic E-state index is 11.0. The van der Waals surface area contributed by atoms with Crippen LogP contribution in [0.1, 0.15) is 26.4 Å². The Labute approximate surface area is 110 Å². The van der Waals surface area contributed by atoms with Crippen molar-refractivity contribution in [1.29, 1.82) is 0 Å². The maximum atomic E-state index is 11.0. The monoisotopic (exact) mass is 261 g/mol. The Morgan fingerprint density at radius 2 is 2.11 bits per heavy atom. The van der Waals surface area contributed by atoms with Gasteiger partial charge in [0.15, 0.2) is 0 Å². The molecule has 0 amide bonds. The molecule has 94 valence electrons. The smallest absolute Gasteiger partial charge is 0.336 e. The molecule has 0 atom stereocenters. The van der Waals surface area contributed by atoms with E-state index in [0.29, 0.717) is 5.56 Å². The first-order valence-electron chi connectivity index (χ1n) is 5.69. The third kappa shape index (κ3) is 2.54. The second-order valence-electron chi connectivity index (χ2n) is 4.16. The van der Waals surface area contributed by atoms with Crippen molar-refractivity contribution in [2.75, 3.05) is 5.32 Å². The minimum Gasteiger partial charge on any atom is -0.478 e. The molecule has 0 bridgehead atoms. The van der Waals surface area contributed by atoms with Gasteiger partial charge in [-0.25, -0.2) is 4.79 Å². The zero-order valence-electron chi connectivity index (χ0n) is 10.4. The number of hydrogen-bond acceptors (Lipinski definition) is 3. The zero-order chi connectivity index (χ0) is 13.1. The van der Waals surface area contributed by atoms with Gasteiger partial charge in [-0.05, 0) is 48.6 Å². The lowest BCUT2D eigenvalue weighted by Crippen LogP contribution is -2.05. The summed E-state index contributed by atoms with van der Waals surface area (Å²) in [6.07, 6.45) is 0. The van der Waals surface area contributed by atoms with Crippen LogP contribution in [0.5, 0.6) is 0 Å². The molecule has 4 heteroatoms. The van der Waals surface area contributed by atoms with Crippen LogP contribution in [0.3, 0.4) is 0 Å². The Morgan fingerprint density at radius 3 is 2.72 bits per heavy atom. The van der Waals surface area contributed by atoms with Gasteiger partial charge < -0.3 is 10.4 Å². The molecule has 0 fully saturated rings. The number of carboxylic acids is 1. The molecule has 0 aliphatic rings. The van der Waals surface area contributed by atoms with Gasteiger partial charge in [-0.2, -0.15) is 0 Å². The summed E-state index contributed by atoms with van der Waals surface area (Å²) in [5.74, 6) is -0.886. The van der Waals surface area contributed by atoms with Gasteiger partial charge in [0.1, 0.15) is 0 Å². The molecule has 0 unspecified atom stereocenters. The molecule has 0 aliphatic carbocycles. The van der Waals surface area contributed by atoms with Crippen LogP contribution in [-0.4, -0.2) is 11.1 Å². The van der Waals surface area contributed by atoms with E-state index in [1.54, 1.807) is 23.5 Å². The van der Waals surface area contributed by atoms with E-state index in [1.807, 2.05) is 13.0 Å². The molecule has 0 saturated carbocycles. The number of aryl methyl sites for hydroxylation is 1. The van der Waals surface area contributed by atoms with Gasteiger partial charge in [-0.1, -0.05) is 6.07 Å². The fraction of sp³-hybridized carbons (Fsp3) is 0.214. The molecule has 1 aromatic carbocycles. The topological polar surface area (TPSA) is 49.3 Å². The van der Waals surface area contributed by atoms with Crippen molar-refractivity contribution in [3.8, 4) is 0 Å². The number of carbonyl (C=O) groups is 1. The molecule has 3 nitrogen and oxygen atoms in total. The number of hydrogen-bond donors (Lipinski definition) is 2. The molecule has 2 aromatic rings. The van der Waals surface area contributed by atoms with Crippen molar-refractivity contribution < 1.29 is 9.90 Å². The van der Waals surface area contributed by atoms with Crippen molar-refractivity contribution in [2.45, 2.75) is 20.4 Å². The predicted octanol–water partition coefficient (Wildman–Crippen LogP) is 3.68. The van der Waals surface area contributed by atoms with E-state index < -0.39 is 5.97 Å². The molecule has 0 spiro atoms. The number of aromatic carboxylic acids is 1. The summed E-state index contributed by atoms with van der Waals surface area (Å²) in [7, 11) is 0. The summed E-state index contributed by atoms with van der Waals surface area (Å²) in [5.41, 5.74) is 3.27. The van der Waals surface area contributed by atoms with Gasteiger partial charge in [-0.3, -0.25) is 0 Å². The van der Waals surface area contributed by atoms with E-state index in [1.165, 1.54) is 10.4 Å². The van der Waals surface area contributed by atoms with Crippen molar-refractivity contribution in [2.24, 2.45) is 0 Å². The molecular weight excluding hydrogens is 246 g/mol. The lowest BCUT2D eigenvalue weighted by atomic mass is 10.1. The van der Waals surface area contributed by atoms with Crippen LogP contribution in [0.2, 0.25) is 0 Å². The second-order valence-corrected chi connectivity index (χ2v) is 5.16. The molecule has 0 radical (unpaired) electrons. The largest absolute Gasteiger partial charge is 0.478 e. The molecule has 1 heterocycles. The van der Waals surface area contributed by atoms with Crippen LogP contribution in [0, 0.1) is 13.8 Å². The summed E-state index contributed by atoms with van der Waals surface area (Å²) in [6.45, 7) is 4.63. The number of carboxylic acid groups (broad SMARTS) is 1. The van der Waals surface area contributed by atoms with Gasteiger partial charge >= 0.3 is 5.97 Å². The molecule has 1 aromatic heterocycles. The summed E-state index contributed by atoms with van der Waals surface area (Å²) in [6, 6.07) is 7.38. The lowest BCUT2D eigenvalue weighted by Gasteiger charge is -2.11. The van der Waals surface area contributed by atoms with Crippen molar-refractivity contribution in [3.63, 3.8) is 0 Å². The van der Waals surface area contributed by atoms with Crippen molar-refractivity contribution in [1.82, 2.24) is 0 Å². The number of benzene rings is 1. The van der Waals surface area contributed by atoms with Crippen LogP contribution in [0.4, 0.5) is 5.69 Å². The Balaban J connectivity index is 2.17. The first-order valence-corrected chi connectivity index (χ1v) is 6.57. The SMILES string of the molecule is Cc1ccsc1CNc1cccc(C(=O)O)c1C. The molecular formula is C14H15NO2S.